The van der Waals surface area contributed by atoms with Crippen LogP contribution in [0.15, 0.2) is 55.0 Å². The Morgan fingerprint density at radius 2 is 1.96 bits per heavy atom. The number of aromatic amines is 1. The molecule has 3 aromatic heterocycles. The third-order valence-corrected chi connectivity index (χ3v) is 4.83. The number of H-pyrrole nitrogens is 1. The summed E-state index contributed by atoms with van der Waals surface area (Å²) >= 11 is 0. The van der Waals surface area contributed by atoms with Crippen LogP contribution in [0.5, 0.6) is 0 Å². The summed E-state index contributed by atoms with van der Waals surface area (Å²) in [5.41, 5.74) is 4.72. The van der Waals surface area contributed by atoms with Gasteiger partial charge in [0.05, 0.1) is 16.4 Å². The Bertz CT molecular complexity index is 1300. The van der Waals surface area contributed by atoms with Crippen LogP contribution in [-0.4, -0.2) is 24.5 Å². The van der Waals surface area contributed by atoms with Crippen molar-refractivity contribution in [3.8, 4) is 11.4 Å². The van der Waals surface area contributed by atoms with Crippen LogP contribution in [-0.2, 0) is 7.05 Å². The Morgan fingerprint density at radius 1 is 1.11 bits per heavy atom. The highest BCUT2D eigenvalue weighted by molar-refractivity contribution is 6.01. The molecule has 0 amide bonds. The Hall–Kier alpha value is -3.74. The summed E-state index contributed by atoms with van der Waals surface area (Å²) in [6.07, 6.45) is 3.47. The fourth-order valence-corrected chi connectivity index (χ4v) is 3.37. The number of nitrogens with zero attached hydrogens (tertiary/aromatic N) is 4. The molecule has 3 heterocycles. The molecule has 2 aromatic carbocycles. The molecule has 28 heavy (non-hydrogen) atoms. The van der Waals surface area contributed by atoms with Gasteiger partial charge in [-0.15, -0.1) is 0 Å². The molecular weight excluding hydrogens is 355 g/mol. The van der Waals surface area contributed by atoms with Crippen molar-refractivity contribution in [2.24, 2.45) is 7.05 Å². The predicted octanol–water partition coefficient (Wildman–Crippen LogP) is 4.70. The first-order chi connectivity index (χ1) is 13.6. The molecule has 2 N–H and O–H groups in total. The molecule has 0 bridgehead atoms. The molecule has 0 atom stereocenters. The van der Waals surface area contributed by atoms with Gasteiger partial charge >= 0.3 is 0 Å². The standard InChI is InChI=1S/C21H17FN6/c1-12-7-8-13(9-15(12)22)25-20-18-14(10-28(2)21(18)24-11-23-20)19-26-16-5-3-4-6-17(16)27-19/h3-11H,1-2H3,(H,26,27)(H,23,24,25). The second-order valence-corrected chi connectivity index (χ2v) is 6.77. The van der Waals surface area contributed by atoms with Crippen molar-refractivity contribution in [2.45, 2.75) is 6.92 Å². The van der Waals surface area contributed by atoms with E-state index in [4.69, 9.17) is 4.98 Å². The van der Waals surface area contributed by atoms with Crippen molar-refractivity contribution >= 4 is 33.6 Å². The maximum absolute atomic E-state index is 14.0. The van der Waals surface area contributed by atoms with Crippen molar-refractivity contribution in [3.63, 3.8) is 0 Å². The second kappa shape index (κ2) is 6.16. The summed E-state index contributed by atoms with van der Waals surface area (Å²) in [5.74, 6) is 1.07. The molecule has 5 rings (SSSR count). The van der Waals surface area contributed by atoms with Gasteiger partial charge in [-0.1, -0.05) is 18.2 Å². The highest BCUT2D eigenvalue weighted by atomic mass is 19.1. The van der Waals surface area contributed by atoms with Crippen LogP contribution in [0.4, 0.5) is 15.9 Å². The molecule has 7 heteroatoms. The van der Waals surface area contributed by atoms with E-state index in [1.165, 1.54) is 12.4 Å². The van der Waals surface area contributed by atoms with Crippen LogP contribution >= 0.6 is 0 Å². The van der Waals surface area contributed by atoms with Gasteiger partial charge in [0.1, 0.15) is 29.4 Å². The Labute approximate surface area is 160 Å². The van der Waals surface area contributed by atoms with Crippen LogP contribution in [0.3, 0.4) is 0 Å². The summed E-state index contributed by atoms with van der Waals surface area (Å²) in [5, 5.41) is 4.05. The van der Waals surface area contributed by atoms with Crippen molar-refractivity contribution in [1.82, 2.24) is 24.5 Å². The number of benzene rings is 2. The second-order valence-electron chi connectivity index (χ2n) is 6.77. The van der Waals surface area contributed by atoms with Crippen LogP contribution in [0.2, 0.25) is 0 Å². The maximum Gasteiger partial charge on any atom is 0.145 e. The predicted molar refractivity (Wildman–Crippen MR) is 108 cm³/mol. The zero-order valence-electron chi connectivity index (χ0n) is 15.4. The van der Waals surface area contributed by atoms with Crippen molar-refractivity contribution in [2.75, 3.05) is 5.32 Å². The van der Waals surface area contributed by atoms with Crippen molar-refractivity contribution in [3.05, 3.63) is 66.4 Å². The number of imidazole rings is 1. The van der Waals surface area contributed by atoms with Crippen molar-refractivity contribution < 1.29 is 4.39 Å². The highest BCUT2D eigenvalue weighted by Gasteiger charge is 2.18. The lowest BCUT2D eigenvalue weighted by molar-refractivity contribution is 0.619. The first-order valence-electron chi connectivity index (χ1n) is 8.88. The number of aryl methyl sites for hydroxylation is 2. The van der Waals surface area contributed by atoms with E-state index in [1.807, 2.05) is 48.1 Å². The number of anilines is 2. The molecule has 0 saturated heterocycles. The van der Waals surface area contributed by atoms with E-state index in [0.29, 0.717) is 17.1 Å². The number of fused-ring (bicyclic) bond motifs is 2. The lowest BCUT2D eigenvalue weighted by atomic mass is 10.2. The van der Waals surface area contributed by atoms with Crippen LogP contribution < -0.4 is 5.32 Å². The molecule has 0 radical (unpaired) electrons. The first-order valence-corrected chi connectivity index (χ1v) is 8.88. The molecule has 0 aliphatic heterocycles. The summed E-state index contributed by atoms with van der Waals surface area (Å²) < 4.78 is 15.9. The quantitative estimate of drug-likeness (QED) is 0.481. The van der Waals surface area contributed by atoms with E-state index in [-0.39, 0.29) is 5.82 Å². The van der Waals surface area contributed by atoms with E-state index in [9.17, 15) is 4.39 Å². The lowest BCUT2D eigenvalue weighted by Crippen LogP contribution is -1.98. The van der Waals surface area contributed by atoms with E-state index in [2.05, 4.69) is 20.3 Å². The van der Waals surface area contributed by atoms with Gasteiger partial charge in [0, 0.05) is 24.5 Å². The largest absolute Gasteiger partial charge is 0.339 e. The third kappa shape index (κ3) is 2.60. The maximum atomic E-state index is 14.0. The van der Waals surface area contributed by atoms with E-state index in [1.54, 1.807) is 13.0 Å². The monoisotopic (exact) mass is 372 g/mol. The number of nitrogens with one attached hydrogen (secondary N) is 2. The molecule has 0 aliphatic carbocycles. The van der Waals surface area contributed by atoms with Gasteiger partial charge in [-0.05, 0) is 36.8 Å². The van der Waals surface area contributed by atoms with Gasteiger partial charge < -0.3 is 14.9 Å². The van der Waals surface area contributed by atoms with Gasteiger partial charge in [0.15, 0.2) is 0 Å². The number of aromatic nitrogens is 5. The number of para-hydroxylation sites is 2. The summed E-state index contributed by atoms with van der Waals surface area (Å²) in [4.78, 5) is 16.9. The number of rotatable bonds is 3. The molecule has 6 nitrogen and oxygen atoms in total. The van der Waals surface area contributed by atoms with Gasteiger partial charge in [0.25, 0.3) is 0 Å². The number of halogens is 1. The molecule has 0 fully saturated rings. The topological polar surface area (TPSA) is 71.4 Å². The number of hydrogen-bond donors (Lipinski definition) is 2. The molecule has 0 aliphatic rings. The van der Waals surface area contributed by atoms with Crippen LogP contribution in [0, 0.1) is 12.7 Å². The minimum absolute atomic E-state index is 0.263. The third-order valence-electron chi connectivity index (χ3n) is 4.83. The Kier molecular flexibility index (Phi) is 3.61. The molecule has 138 valence electrons. The number of hydrogen-bond acceptors (Lipinski definition) is 4. The Balaban J connectivity index is 1.69. The normalized spacial score (nSPS) is 11.4. The minimum atomic E-state index is -0.263. The zero-order valence-corrected chi connectivity index (χ0v) is 15.4. The SMILES string of the molecule is Cc1ccc(Nc2ncnc3c2c(-c2nc4ccccc4[nH]2)cn3C)cc1F. The first kappa shape index (κ1) is 16.4. The molecule has 0 saturated carbocycles. The summed E-state index contributed by atoms with van der Waals surface area (Å²) in [7, 11) is 1.93. The van der Waals surface area contributed by atoms with Gasteiger partial charge in [0.2, 0.25) is 0 Å². The molecule has 5 aromatic rings. The van der Waals surface area contributed by atoms with Gasteiger partial charge in [-0.25, -0.2) is 19.3 Å². The van der Waals surface area contributed by atoms with Gasteiger partial charge in [-0.3, -0.25) is 0 Å². The molecule has 0 spiro atoms. The Morgan fingerprint density at radius 3 is 2.79 bits per heavy atom. The summed E-state index contributed by atoms with van der Waals surface area (Å²) in [6, 6.07) is 12.9. The average molecular weight is 372 g/mol. The van der Waals surface area contributed by atoms with E-state index >= 15 is 0 Å². The lowest BCUT2D eigenvalue weighted by Gasteiger charge is -2.08. The van der Waals surface area contributed by atoms with Crippen LogP contribution in [0.1, 0.15) is 5.56 Å². The zero-order chi connectivity index (χ0) is 19.3. The average Bonchev–Trinajstić information content (AvgIpc) is 3.27. The fraction of sp³-hybridized carbons (Fsp3) is 0.0952. The fourth-order valence-electron chi connectivity index (χ4n) is 3.37. The van der Waals surface area contributed by atoms with Crippen molar-refractivity contribution in [1.29, 1.82) is 0 Å². The molecular formula is C21H17FN6. The smallest absolute Gasteiger partial charge is 0.145 e. The minimum Gasteiger partial charge on any atom is -0.339 e. The molecule has 0 unspecified atom stereocenters. The van der Waals surface area contributed by atoms with E-state index in [0.717, 1.165) is 33.5 Å². The highest BCUT2D eigenvalue weighted by Crippen LogP contribution is 2.34. The van der Waals surface area contributed by atoms with Gasteiger partial charge in [-0.2, -0.15) is 0 Å². The van der Waals surface area contributed by atoms with E-state index < -0.39 is 0 Å². The van der Waals surface area contributed by atoms with Crippen LogP contribution in [0.25, 0.3) is 33.5 Å². The summed E-state index contributed by atoms with van der Waals surface area (Å²) in [6.45, 7) is 1.73.